The number of benzene rings is 1. The summed E-state index contributed by atoms with van der Waals surface area (Å²) in [5.41, 5.74) is 9.46. The third-order valence-corrected chi connectivity index (χ3v) is 4.98. The number of nitrogens with two attached hydrogens (primary N) is 1. The zero-order valence-corrected chi connectivity index (χ0v) is 12.7. The molecule has 19 heavy (non-hydrogen) atoms. The van der Waals surface area contributed by atoms with Crippen LogP contribution in [0.2, 0.25) is 0 Å². The van der Waals surface area contributed by atoms with Crippen molar-refractivity contribution in [3.63, 3.8) is 0 Å². The van der Waals surface area contributed by atoms with Gasteiger partial charge in [-0.3, -0.25) is 0 Å². The summed E-state index contributed by atoms with van der Waals surface area (Å²) in [4.78, 5) is 2.55. The van der Waals surface area contributed by atoms with Crippen molar-refractivity contribution >= 4 is 0 Å². The predicted octanol–water partition coefficient (Wildman–Crippen LogP) is 3.51. The van der Waals surface area contributed by atoms with Crippen LogP contribution in [0.4, 0.5) is 0 Å². The summed E-state index contributed by atoms with van der Waals surface area (Å²) in [6.07, 6.45) is 3.92. The van der Waals surface area contributed by atoms with Crippen molar-refractivity contribution in [3.05, 3.63) is 35.4 Å². The number of nitrogens with zero attached hydrogens (tertiary/aromatic N) is 1. The molecule has 2 rings (SSSR count). The molecule has 2 nitrogen and oxygen atoms in total. The van der Waals surface area contributed by atoms with Gasteiger partial charge in [0.1, 0.15) is 0 Å². The monoisotopic (exact) mass is 260 g/mol. The molecule has 106 valence electrons. The van der Waals surface area contributed by atoms with Gasteiger partial charge in [0.2, 0.25) is 0 Å². The van der Waals surface area contributed by atoms with Crippen LogP contribution in [-0.4, -0.2) is 24.5 Å². The number of hydrogen-bond acceptors (Lipinski definition) is 2. The fourth-order valence-electron chi connectivity index (χ4n) is 3.21. The maximum Gasteiger partial charge on any atom is 0.0424 e. The van der Waals surface area contributed by atoms with Crippen LogP contribution in [-0.2, 0) is 0 Å². The van der Waals surface area contributed by atoms with Gasteiger partial charge in [0.25, 0.3) is 0 Å². The maximum absolute atomic E-state index is 6.35. The molecule has 1 atom stereocenters. The van der Waals surface area contributed by atoms with Gasteiger partial charge < -0.3 is 10.6 Å². The molecule has 1 aromatic rings. The summed E-state index contributed by atoms with van der Waals surface area (Å²) < 4.78 is 0. The molecule has 0 radical (unpaired) electrons. The lowest BCUT2D eigenvalue weighted by Gasteiger charge is -2.27. The minimum Gasteiger partial charge on any atom is -0.323 e. The van der Waals surface area contributed by atoms with E-state index in [1.807, 2.05) is 0 Å². The van der Waals surface area contributed by atoms with E-state index in [4.69, 9.17) is 5.73 Å². The zero-order valence-electron chi connectivity index (χ0n) is 12.7. The van der Waals surface area contributed by atoms with Crippen molar-refractivity contribution in [1.82, 2.24) is 4.90 Å². The molecule has 1 aliphatic heterocycles. The Hall–Kier alpha value is -0.860. The smallest absolute Gasteiger partial charge is 0.0424 e. The zero-order chi connectivity index (χ0) is 13.9. The quantitative estimate of drug-likeness (QED) is 0.878. The molecule has 0 aliphatic carbocycles. The fourth-order valence-corrected chi connectivity index (χ4v) is 3.21. The first-order valence-electron chi connectivity index (χ1n) is 7.63. The molecule has 1 unspecified atom stereocenters. The molecule has 2 N–H and O–H groups in total. The van der Waals surface area contributed by atoms with Gasteiger partial charge in [0.15, 0.2) is 0 Å². The van der Waals surface area contributed by atoms with Gasteiger partial charge in [0.05, 0.1) is 0 Å². The molecule has 0 amide bonds. The SMILES string of the molecule is CCC1(CC)CCN(CC(N)c2ccc(C)cc2)C1. The molecule has 0 spiro atoms. The summed E-state index contributed by atoms with van der Waals surface area (Å²) in [7, 11) is 0. The van der Waals surface area contributed by atoms with E-state index < -0.39 is 0 Å². The third-order valence-electron chi connectivity index (χ3n) is 4.98. The van der Waals surface area contributed by atoms with E-state index in [2.05, 4.69) is 49.9 Å². The van der Waals surface area contributed by atoms with E-state index in [0.29, 0.717) is 5.41 Å². The van der Waals surface area contributed by atoms with E-state index >= 15 is 0 Å². The van der Waals surface area contributed by atoms with Crippen LogP contribution in [0.5, 0.6) is 0 Å². The van der Waals surface area contributed by atoms with Crippen LogP contribution in [0.25, 0.3) is 0 Å². The van der Waals surface area contributed by atoms with Crippen molar-refractivity contribution in [1.29, 1.82) is 0 Å². The van der Waals surface area contributed by atoms with E-state index in [1.165, 1.54) is 43.5 Å². The second-order valence-electron chi connectivity index (χ2n) is 6.21. The van der Waals surface area contributed by atoms with Crippen molar-refractivity contribution in [2.45, 2.75) is 46.1 Å². The summed E-state index contributed by atoms with van der Waals surface area (Å²) in [5.74, 6) is 0. The largest absolute Gasteiger partial charge is 0.323 e. The van der Waals surface area contributed by atoms with Gasteiger partial charge in [-0.1, -0.05) is 43.7 Å². The van der Waals surface area contributed by atoms with Crippen LogP contribution < -0.4 is 5.73 Å². The summed E-state index contributed by atoms with van der Waals surface area (Å²) in [5, 5.41) is 0. The van der Waals surface area contributed by atoms with E-state index in [9.17, 15) is 0 Å². The van der Waals surface area contributed by atoms with Gasteiger partial charge in [0, 0.05) is 19.1 Å². The lowest BCUT2D eigenvalue weighted by Crippen LogP contribution is -2.32. The van der Waals surface area contributed by atoms with Crippen molar-refractivity contribution in [2.75, 3.05) is 19.6 Å². The van der Waals surface area contributed by atoms with Crippen LogP contribution in [0.15, 0.2) is 24.3 Å². The van der Waals surface area contributed by atoms with Crippen LogP contribution in [0.1, 0.15) is 50.3 Å². The average molecular weight is 260 g/mol. The highest BCUT2D eigenvalue weighted by molar-refractivity contribution is 5.24. The normalized spacial score (nSPS) is 20.6. The Bertz CT molecular complexity index is 392. The van der Waals surface area contributed by atoms with Crippen LogP contribution in [0.3, 0.4) is 0 Å². The Morgan fingerprint density at radius 2 is 1.84 bits per heavy atom. The van der Waals surface area contributed by atoms with Gasteiger partial charge in [-0.15, -0.1) is 0 Å². The maximum atomic E-state index is 6.35. The first kappa shape index (κ1) is 14.5. The topological polar surface area (TPSA) is 29.3 Å². The van der Waals surface area contributed by atoms with E-state index in [-0.39, 0.29) is 6.04 Å². The summed E-state index contributed by atoms with van der Waals surface area (Å²) >= 11 is 0. The Morgan fingerprint density at radius 3 is 2.37 bits per heavy atom. The molecule has 1 aromatic carbocycles. The summed E-state index contributed by atoms with van der Waals surface area (Å²) in [6.45, 7) is 10.2. The second kappa shape index (κ2) is 6.06. The van der Waals surface area contributed by atoms with Crippen molar-refractivity contribution in [3.8, 4) is 0 Å². The Kier molecular flexibility index (Phi) is 4.64. The lowest BCUT2D eigenvalue weighted by molar-refractivity contribution is 0.233. The average Bonchev–Trinajstić information content (AvgIpc) is 2.83. The highest BCUT2D eigenvalue weighted by Gasteiger charge is 2.35. The fraction of sp³-hybridized carbons (Fsp3) is 0.647. The number of likely N-dealkylation sites (tertiary alicyclic amines) is 1. The predicted molar refractivity (Wildman–Crippen MR) is 82.2 cm³/mol. The number of hydrogen-bond donors (Lipinski definition) is 1. The molecule has 2 heteroatoms. The van der Waals surface area contributed by atoms with Gasteiger partial charge in [-0.05, 0) is 43.7 Å². The minimum atomic E-state index is 0.144. The van der Waals surface area contributed by atoms with E-state index in [1.54, 1.807) is 0 Å². The first-order valence-corrected chi connectivity index (χ1v) is 7.63. The van der Waals surface area contributed by atoms with Gasteiger partial charge in [-0.25, -0.2) is 0 Å². The van der Waals surface area contributed by atoms with Gasteiger partial charge >= 0.3 is 0 Å². The van der Waals surface area contributed by atoms with E-state index in [0.717, 1.165) is 6.54 Å². The first-order chi connectivity index (χ1) is 9.08. The van der Waals surface area contributed by atoms with Crippen molar-refractivity contribution in [2.24, 2.45) is 11.1 Å². The molecular weight excluding hydrogens is 232 g/mol. The van der Waals surface area contributed by atoms with Crippen molar-refractivity contribution < 1.29 is 0 Å². The Balaban J connectivity index is 1.93. The highest BCUT2D eigenvalue weighted by atomic mass is 15.2. The summed E-state index contributed by atoms with van der Waals surface area (Å²) in [6, 6.07) is 8.79. The number of rotatable bonds is 5. The molecule has 0 bridgehead atoms. The molecule has 0 aromatic heterocycles. The third kappa shape index (κ3) is 3.37. The highest BCUT2D eigenvalue weighted by Crippen LogP contribution is 2.37. The molecule has 0 saturated carbocycles. The molecular formula is C17H28N2. The van der Waals surface area contributed by atoms with Gasteiger partial charge in [-0.2, -0.15) is 0 Å². The molecule has 1 saturated heterocycles. The van der Waals surface area contributed by atoms with Crippen LogP contribution >= 0.6 is 0 Å². The molecule has 1 heterocycles. The lowest BCUT2D eigenvalue weighted by atomic mass is 9.82. The standard InChI is InChI=1S/C17H28N2/c1-4-17(5-2)10-11-19(13-17)12-16(18)15-8-6-14(3)7-9-15/h6-9,16H,4-5,10-13,18H2,1-3H3. The molecule has 1 aliphatic rings. The minimum absolute atomic E-state index is 0.144. The number of aryl methyl sites for hydroxylation is 1. The van der Waals surface area contributed by atoms with Crippen LogP contribution in [0, 0.1) is 12.3 Å². The Labute approximate surface area is 118 Å². The Morgan fingerprint density at radius 1 is 1.21 bits per heavy atom. The molecule has 1 fully saturated rings. The second-order valence-corrected chi connectivity index (χ2v) is 6.21.